The summed E-state index contributed by atoms with van der Waals surface area (Å²) >= 11 is 0. The van der Waals surface area contributed by atoms with E-state index in [4.69, 9.17) is 11.5 Å². The van der Waals surface area contributed by atoms with E-state index in [-0.39, 0.29) is 17.8 Å². The van der Waals surface area contributed by atoms with E-state index in [0.29, 0.717) is 34.9 Å². The van der Waals surface area contributed by atoms with Crippen LogP contribution in [0.3, 0.4) is 0 Å². The minimum absolute atomic E-state index is 0.108. The molecule has 1 aliphatic rings. The Morgan fingerprint density at radius 2 is 1.91 bits per heavy atom. The number of nitrogens with zero attached hydrogens (tertiary/aromatic N) is 5. The van der Waals surface area contributed by atoms with Crippen molar-refractivity contribution in [2.45, 2.75) is 32.7 Å². The predicted molar refractivity (Wildman–Crippen MR) is 120 cm³/mol. The normalized spacial score (nSPS) is 14.5. The van der Waals surface area contributed by atoms with Crippen LogP contribution in [0.2, 0.25) is 0 Å². The number of nitrogens with one attached hydrogen (secondary N) is 1. The van der Waals surface area contributed by atoms with Gasteiger partial charge in [0, 0.05) is 37.6 Å². The first kappa shape index (κ1) is 21.4. The SMILES string of the molecule is CC(=O)N1CCC(Cc2cc(C(=O)NCc3ccc4c(N)nc(N)nc4c3)ncn2)CC1. The van der Waals surface area contributed by atoms with Gasteiger partial charge < -0.3 is 21.7 Å². The second-order valence-electron chi connectivity index (χ2n) is 8.05. The lowest BCUT2D eigenvalue weighted by atomic mass is 9.92. The molecule has 2 aromatic heterocycles. The summed E-state index contributed by atoms with van der Waals surface area (Å²) < 4.78 is 0. The molecule has 5 N–H and O–H groups in total. The molecule has 3 aromatic rings. The zero-order valence-corrected chi connectivity index (χ0v) is 17.9. The highest BCUT2D eigenvalue weighted by Crippen LogP contribution is 2.22. The number of hydrogen-bond acceptors (Lipinski definition) is 8. The van der Waals surface area contributed by atoms with Gasteiger partial charge in [0.15, 0.2) is 0 Å². The maximum absolute atomic E-state index is 12.6. The molecule has 0 aliphatic carbocycles. The van der Waals surface area contributed by atoms with E-state index in [1.165, 1.54) is 6.33 Å². The number of aromatic nitrogens is 4. The van der Waals surface area contributed by atoms with Crippen molar-refractivity contribution >= 4 is 34.5 Å². The summed E-state index contributed by atoms with van der Waals surface area (Å²) in [6, 6.07) is 7.23. The van der Waals surface area contributed by atoms with E-state index in [1.807, 2.05) is 23.1 Å². The fraction of sp³-hybridized carbons (Fsp3) is 0.364. The number of carbonyl (C=O) groups is 2. The first-order chi connectivity index (χ1) is 15.4. The Hall–Kier alpha value is -3.82. The number of amides is 2. The van der Waals surface area contributed by atoms with E-state index in [9.17, 15) is 9.59 Å². The second-order valence-corrected chi connectivity index (χ2v) is 8.05. The molecule has 1 aliphatic heterocycles. The maximum Gasteiger partial charge on any atom is 0.270 e. The Kier molecular flexibility index (Phi) is 6.11. The van der Waals surface area contributed by atoms with Crippen LogP contribution in [-0.2, 0) is 17.8 Å². The van der Waals surface area contributed by atoms with Gasteiger partial charge in [0.1, 0.15) is 17.8 Å². The largest absolute Gasteiger partial charge is 0.383 e. The second kappa shape index (κ2) is 9.13. The molecule has 0 atom stereocenters. The molecule has 10 heteroatoms. The highest BCUT2D eigenvalue weighted by molar-refractivity contribution is 5.92. The van der Waals surface area contributed by atoms with Gasteiger partial charge in [-0.2, -0.15) is 4.98 Å². The predicted octanol–water partition coefficient (Wildman–Crippen LogP) is 1.32. The summed E-state index contributed by atoms with van der Waals surface area (Å²) in [7, 11) is 0. The number of likely N-dealkylation sites (tertiary alicyclic amines) is 1. The van der Waals surface area contributed by atoms with E-state index in [0.717, 1.165) is 43.6 Å². The van der Waals surface area contributed by atoms with Crippen molar-refractivity contribution in [1.82, 2.24) is 30.2 Å². The first-order valence-electron chi connectivity index (χ1n) is 10.6. The van der Waals surface area contributed by atoms with Crippen LogP contribution in [0.5, 0.6) is 0 Å². The smallest absolute Gasteiger partial charge is 0.270 e. The number of piperidine rings is 1. The van der Waals surface area contributed by atoms with Crippen molar-refractivity contribution in [1.29, 1.82) is 0 Å². The summed E-state index contributed by atoms with van der Waals surface area (Å²) in [4.78, 5) is 42.6. The summed E-state index contributed by atoms with van der Waals surface area (Å²) in [6.07, 6.45) is 4.06. The van der Waals surface area contributed by atoms with Crippen molar-refractivity contribution < 1.29 is 9.59 Å². The van der Waals surface area contributed by atoms with Crippen molar-refractivity contribution in [2.75, 3.05) is 24.6 Å². The van der Waals surface area contributed by atoms with Gasteiger partial charge in [-0.1, -0.05) is 6.07 Å². The zero-order chi connectivity index (χ0) is 22.7. The lowest BCUT2D eigenvalue weighted by Gasteiger charge is -2.31. The molecule has 1 fully saturated rings. The fourth-order valence-electron chi connectivity index (χ4n) is 3.98. The van der Waals surface area contributed by atoms with Crippen molar-refractivity contribution in [3.63, 3.8) is 0 Å². The molecule has 166 valence electrons. The van der Waals surface area contributed by atoms with Crippen LogP contribution in [0.25, 0.3) is 10.9 Å². The van der Waals surface area contributed by atoms with Crippen LogP contribution in [0.1, 0.15) is 41.5 Å². The maximum atomic E-state index is 12.6. The van der Waals surface area contributed by atoms with Crippen LogP contribution < -0.4 is 16.8 Å². The van der Waals surface area contributed by atoms with Gasteiger partial charge in [0.25, 0.3) is 5.91 Å². The van der Waals surface area contributed by atoms with Crippen LogP contribution in [0.4, 0.5) is 11.8 Å². The van der Waals surface area contributed by atoms with Gasteiger partial charge in [-0.25, -0.2) is 15.0 Å². The molecule has 0 radical (unpaired) electrons. The number of nitrogens with two attached hydrogens (primary N) is 2. The Labute approximate surface area is 185 Å². The Balaban J connectivity index is 1.37. The Bertz CT molecular complexity index is 1160. The summed E-state index contributed by atoms with van der Waals surface area (Å²) in [5, 5.41) is 3.59. The van der Waals surface area contributed by atoms with Crippen LogP contribution in [-0.4, -0.2) is 49.7 Å². The van der Waals surface area contributed by atoms with Crippen LogP contribution in [0.15, 0.2) is 30.6 Å². The van der Waals surface area contributed by atoms with Gasteiger partial charge in [-0.15, -0.1) is 0 Å². The molecule has 32 heavy (non-hydrogen) atoms. The number of rotatable bonds is 5. The number of hydrogen-bond donors (Lipinski definition) is 3. The van der Waals surface area contributed by atoms with Gasteiger partial charge in [0.05, 0.1) is 5.52 Å². The van der Waals surface area contributed by atoms with Gasteiger partial charge in [-0.05, 0) is 48.9 Å². The standard InChI is InChI=1S/C22H26N8O2/c1-13(31)30-6-4-14(5-7-30)8-16-10-19(27-12-26-16)21(32)25-11-15-2-3-17-18(9-15)28-22(24)29-20(17)23/h2-3,9-10,12,14H,4-8,11H2,1H3,(H,25,32)(H4,23,24,28,29). The third-order valence-corrected chi connectivity index (χ3v) is 5.78. The number of nitrogen functional groups attached to an aromatic ring is 2. The highest BCUT2D eigenvalue weighted by atomic mass is 16.2. The molecule has 4 rings (SSSR count). The molecule has 0 spiro atoms. The average Bonchev–Trinajstić information content (AvgIpc) is 2.77. The highest BCUT2D eigenvalue weighted by Gasteiger charge is 2.21. The Morgan fingerprint density at radius 3 is 2.66 bits per heavy atom. The first-order valence-corrected chi connectivity index (χ1v) is 10.6. The average molecular weight is 435 g/mol. The molecular weight excluding hydrogens is 408 g/mol. The summed E-state index contributed by atoms with van der Waals surface area (Å²) in [5.41, 5.74) is 14.2. The molecular formula is C22H26N8O2. The molecule has 0 bridgehead atoms. The minimum Gasteiger partial charge on any atom is -0.383 e. The number of benzene rings is 1. The molecule has 1 aromatic carbocycles. The molecule has 2 amide bonds. The van der Waals surface area contributed by atoms with E-state index >= 15 is 0 Å². The fourth-order valence-corrected chi connectivity index (χ4v) is 3.98. The van der Waals surface area contributed by atoms with E-state index < -0.39 is 0 Å². The zero-order valence-electron chi connectivity index (χ0n) is 17.9. The van der Waals surface area contributed by atoms with Crippen molar-refractivity contribution in [3.05, 3.63) is 47.5 Å². The molecule has 0 unspecified atom stereocenters. The minimum atomic E-state index is -0.276. The lowest BCUT2D eigenvalue weighted by Crippen LogP contribution is -2.37. The molecule has 3 heterocycles. The number of anilines is 2. The monoisotopic (exact) mass is 434 g/mol. The topological polar surface area (TPSA) is 153 Å². The van der Waals surface area contributed by atoms with Crippen molar-refractivity contribution in [2.24, 2.45) is 5.92 Å². The molecule has 1 saturated heterocycles. The van der Waals surface area contributed by atoms with Crippen LogP contribution >= 0.6 is 0 Å². The quantitative estimate of drug-likeness (QED) is 0.543. The molecule has 0 saturated carbocycles. The summed E-state index contributed by atoms with van der Waals surface area (Å²) in [6.45, 7) is 3.45. The van der Waals surface area contributed by atoms with E-state index in [2.05, 4.69) is 25.3 Å². The lowest BCUT2D eigenvalue weighted by molar-refractivity contribution is -0.130. The third-order valence-electron chi connectivity index (χ3n) is 5.78. The Morgan fingerprint density at radius 1 is 1.12 bits per heavy atom. The van der Waals surface area contributed by atoms with Crippen LogP contribution in [0, 0.1) is 5.92 Å². The number of carbonyl (C=O) groups excluding carboxylic acids is 2. The molecule has 10 nitrogen and oxygen atoms in total. The summed E-state index contributed by atoms with van der Waals surface area (Å²) in [5.74, 6) is 0.716. The van der Waals surface area contributed by atoms with Gasteiger partial charge in [0.2, 0.25) is 11.9 Å². The van der Waals surface area contributed by atoms with E-state index in [1.54, 1.807) is 13.0 Å². The van der Waals surface area contributed by atoms with Gasteiger partial charge in [-0.3, -0.25) is 9.59 Å². The van der Waals surface area contributed by atoms with Crippen molar-refractivity contribution in [3.8, 4) is 0 Å². The van der Waals surface area contributed by atoms with Gasteiger partial charge >= 0.3 is 0 Å². The third kappa shape index (κ3) is 4.90. The number of fused-ring (bicyclic) bond motifs is 1.